The standard InChI is InChI=1S/C21H23N3O/c1-13-6-9-20(16(4)10-13)22-12-19-17(5)23-24(21(19)25)18-8-7-14(2)15(3)11-18/h6-12,23H,1-5H3. The van der Waals surface area contributed by atoms with Gasteiger partial charge in [0.05, 0.1) is 16.9 Å². The highest BCUT2D eigenvalue weighted by Gasteiger charge is 2.11. The minimum absolute atomic E-state index is 0.0886. The van der Waals surface area contributed by atoms with Crippen molar-refractivity contribution >= 4 is 11.9 Å². The summed E-state index contributed by atoms with van der Waals surface area (Å²) in [6, 6.07) is 12.1. The molecule has 0 radical (unpaired) electrons. The van der Waals surface area contributed by atoms with Gasteiger partial charge in [-0.15, -0.1) is 0 Å². The Labute approximate surface area is 147 Å². The van der Waals surface area contributed by atoms with Crippen LogP contribution in [0.1, 0.15) is 33.5 Å². The van der Waals surface area contributed by atoms with E-state index in [1.54, 1.807) is 10.9 Å². The van der Waals surface area contributed by atoms with Gasteiger partial charge in [0.1, 0.15) is 0 Å². The van der Waals surface area contributed by atoms with E-state index < -0.39 is 0 Å². The maximum Gasteiger partial charge on any atom is 0.280 e. The summed E-state index contributed by atoms with van der Waals surface area (Å²) in [5.74, 6) is 0. The molecule has 0 unspecified atom stereocenters. The van der Waals surface area contributed by atoms with Crippen molar-refractivity contribution in [1.82, 2.24) is 9.78 Å². The topological polar surface area (TPSA) is 50.1 Å². The molecular formula is C21H23N3O. The van der Waals surface area contributed by atoms with Crippen molar-refractivity contribution in [2.24, 2.45) is 4.99 Å². The molecule has 0 spiro atoms. The molecule has 128 valence electrons. The number of H-pyrrole nitrogens is 1. The van der Waals surface area contributed by atoms with Gasteiger partial charge in [0.2, 0.25) is 0 Å². The summed E-state index contributed by atoms with van der Waals surface area (Å²) < 4.78 is 1.57. The quantitative estimate of drug-likeness (QED) is 0.707. The average Bonchev–Trinajstić information content (AvgIpc) is 2.84. The first-order valence-corrected chi connectivity index (χ1v) is 8.37. The number of nitrogens with one attached hydrogen (secondary N) is 1. The first kappa shape index (κ1) is 17.0. The van der Waals surface area contributed by atoms with Gasteiger partial charge in [0.15, 0.2) is 0 Å². The minimum atomic E-state index is -0.0886. The summed E-state index contributed by atoms with van der Waals surface area (Å²) in [6.45, 7) is 10.1. The summed E-state index contributed by atoms with van der Waals surface area (Å²) in [5, 5.41) is 3.15. The van der Waals surface area contributed by atoms with E-state index in [1.165, 1.54) is 11.1 Å². The Hall–Kier alpha value is -2.88. The number of aromatic amines is 1. The maximum atomic E-state index is 12.8. The van der Waals surface area contributed by atoms with Crippen LogP contribution in [0.25, 0.3) is 5.69 Å². The predicted molar refractivity (Wildman–Crippen MR) is 104 cm³/mol. The Morgan fingerprint density at radius 1 is 0.920 bits per heavy atom. The monoisotopic (exact) mass is 333 g/mol. The molecule has 0 saturated heterocycles. The van der Waals surface area contributed by atoms with Crippen molar-refractivity contribution in [3.63, 3.8) is 0 Å². The Morgan fingerprint density at radius 3 is 2.36 bits per heavy atom. The maximum absolute atomic E-state index is 12.8. The SMILES string of the molecule is Cc1ccc(N=Cc2c(C)[nH]n(-c3ccc(C)c(C)c3)c2=O)c(C)c1. The van der Waals surface area contributed by atoms with E-state index in [9.17, 15) is 4.79 Å². The molecule has 3 aromatic rings. The van der Waals surface area contributed by atoms with Crippen LogP contribution in [0.15, 0.2) is 46.2 Å². The van der Waals surface area contributed by atoms with E-state index in [4.69, 9.17) is 0 Å². The lowest BCUT2D eigenvalue weighted by Crippen LogP contribution is -2.17. The molecule has 4 heteroatoms. The number of rotatable bonds is 3. The lowest BCUT2D eigenvalue weighted by atomic mass is 10.1. The van der Waals surface area contributed by atoms with Crippen LogP contribution in [0.5, 0.6) is 0 Å². The fourth-order valence-corrected chi connectivity index (χ4v) is 2.84. The Kier molecular flexibility index (Phi) is 4.45. The van der Waals surface area contributed by atoms with Gasteiger partial charge in [-0.2, -0.15) is 0 Å². The molecule has 0 saturated carbocycles. The minimum Gasteiger partial charge on any atom is -0.295 e. The third kappa shape index (κ3) is 3.33. The molecule has 2 aromatic carbocycles. The summed E-state index contributed by atoms with van der Waals surface area (Å²) in [4.78, 5) is 17.3. The van der Waals surface area contributed by atoms with Crippen LogP contribution >= 0.6 is 0 Å². The Bertz CT molecular complexity index is 1020. The molecule has 4 nitrogen and oxygen atoms in total. The molecule has 0 aliphatic heterocycles. The second-order valence-corrected chi connectivity index (χ2v) is 6.61. The second-order valence-electron chi connectivity index (χ2n) is 6.61. The highest BCUT2D eigenvalue weighted by molar-refractivity contribution is 5.83. The van der Waals surface area contributed by atoms with E-state index in [0.717, 1.165) is 28.2 Å². The molecule has 1 aromatic heterocycles. The van der Waals surface area contributed by atoms with E-state index in [0.29, 0.717) is 5.56 Å². The lowest BCUT2D eigenvalue weighted by Gasteiger charge is -2.05. The molecule has 0 bridgehead atoms. The van der Waals surface area contributed by atoms with E-state index in [1.807, 2.05) is 51.1 Å². The largest absolute Gasteiger partial charge is 0.295 e. The van der Waals surface area contributed by atoms with Crippen LogP contribution in [0, 0.1) is 34.6 Å². The number of aryl methyl sites for hydroxylation is 5. The zero-order valence-corrected chi connectivity index (χ0v) is 15.3. The highest BCUT2D eigenvalue weighted by Crippen LogP contribution is 2.19. The molecule has 0 aliphatic rings. The normalized spacial score (nSPS) is 11.4. The van der Waals surface area contributed by atoms with Crippen molar-refractivity contribution in [2.75, 3.05) is 0 Å². The van der Waals surface area contributed by atoms with Crippen LogP contribution < -0.4 is 5.56 Å². The molecule has 3 rings (SSSR count). The van der Waals surface area contributed by atoms with E-state index in [2.05, 4.69) is 30.0 Å². The van der Waals surface area contributed by atoms with Gasteiger partial charge in [-0.25, -0.2) is 4.68 Å². The van der Waals surface area contributed by atoms with Crippen molar-refractivity contribution in [1.29, 1.82) is 0 Å². The smallest absolute Gasteiger partial charge is 0.280 e. The van der Waals surface area contributed by atoms with Crippen molar-refractivity contribution in [3.8, 4) is 5.69 Å². The van der Waals surface area contributed by atoms with Gasteiger partial charge in [-0.1, -0.05) is 23.8 Å². The molecule has 25 heavy (non-hydrogen) atoms. The van der Waals surface area contributed by atoms with Crippen molar-refractivity contribution < 1.29 is 0 Å². The van der Waals surface area contributed by atoms with Gasteiger partial charge >= 0.3 is 0 Å². The van der Waals surface area contributed by atoms with Crippen LogP contribution in [0.3, 0.4) is 0 Å². The number of benzene rings is 2. The third-order valence-electron chi connectivity index (χ3n) is 4.55. The summed E-state index contributed by atoms with van der Waals surface area (Å²) in [7, 11) is 0. The predicted octanol–water partition coefficient (Wildman–Crippen LogP) is 4.46. The van der Waals surface area contributed by atoms with E-state index >= 15 is 0 Å². The van der Waals surface area contributed by atoms with Gasteiger partial charge in [-0.3, -0.25) is 14.9 Å². The van der Waals surface area contributed by atoms with Gasteiger partial charge in [0, 0.05) is 11.9 Å². The van der Waals surface area contributed by atoms with Crippen molar-refractivity contribution in [3.05, 3.63) is 80.3 Å². The lowest BCUT2D eigenvalue weighted by molar-refractivity contribution is 0.833. The average molecular weight is 333 g/mol. The molecular weight excluding hydrogens is 310 g/mol. The molecule has 1 N–H and O–H groups in total. The Balaban J connectivity index is 2.01. The summed E-state index contributed by atoms with van der Waals surface area (Å²) in [6.07, 6.45) is 1.66. The number of aliphatic imine (C=N–C) groups is 1. The van der Waals surface area contributed by atoms with Crippen LogP contribution in [0.4, 0.5) is 5.69 Å². The van der Waals surface area contributed by atoms with Crippen LogP contribution in [0.2, 0.25) is 0 Å². The second kappa shape index (κ2) is 6.55. The number of hydrogen-bond acceptors (Lipinski definition) is 2. The molecule has 0 fully saturated rings. The first-order valence-electron chi connectivity index (χ1n) is 8.37. The van der Waals surface area contributed by atoms with Crippen LogP contribution in [-0.2, 0) is 0 Å². The fourth-order valence-electron chi connectivity index (χ4n) is 2.84. The zero-order valence-electron chi connectivity index (χ0n) is 15.3. The number of aromatic nitrogens is 2. The van der Waals surface area contributed by atoms with Crippen LogP contribution in [-0.4, -0.2) is 16.0 Å². The Morgan fingerprint density at radius 2 is 1.68 bits per heavy atom. The first-order chi connectivity index (χ1) is 11.9. The number of hydrogen-bond donors (Lipinski definition) is 1. The van der Waals surface area contributed by atoms with Gasteiger partial charge in [-0.05, 0) is 69.5 Å². The van der Waals surface area contributed by atoms with E-state index in [-0.39, 0.29) is 5.56 Å². The molecule has 0 aliphatic carbocycles. The molecule has 0 amide bonds. The fraction of sp³-hybridized carbons (Fsp3) is 0.238. The third-order valence-corrected chi connectivity index (χ3v) is 4.55. The molecule has 1 heterocycles. The van der Waals surface area contributed by atoms with Crippen molar-refractivity contribution in [2.45, 2.75) is 34.6 Å². The number of nitrogens with zero attached hydrogens (tertiary/aromatic N) is 2. The van der Waals surface area contributed by atoms with Gasteiger partial charge in [0.25, 0.3) is 5.56 Å². The summed E-state index contributed by atoms with van der Waals surface area (Å²) >= 11 is 0. The van der Waals surface area contributed by atoms with Gasteiger partial charge < -0.3 is 0 Å². The highest BCUT2D eigenvalue weighted by atomic mass is 16.1. The molecule has 0 atom stereocenters. The zero-order chi connectivity index (χ0) is 18.1. The summed E-state index contributed by atoms with van der Waals surface area (Å²) in [5.41, 5.74) is 7.67.